The minimum absolute atomic E-state index is 0.120. The van der Waals surface area contributed by atoms with Crippen molar-refractivity contribution < 1.29 is 9.47 Å². The Morgan fingerprint density at radius 2 is 2.06 bits per heavy atom. The Morgan fingerprint density at radius 3 is 2.62 bits per heavy atom. The molecule has 0 spiro atoms. The van der Waals surface area contributed by atoms with E-state index in [1.54, 1.807) is 0 Å². The van der Waals surface area contributed by atoms with Gasteiger partial charge in [-0.1, -0.05) is 22.9 Å². The highest BCUT2D eigenvalue weighted by molar-refractivity contribution is 9.09. The molecule has 2 aliphatic rings. The topological polar surface area (TPSA) is 18.5 Å². The molecule has 0 bridgehead atoms. The van der Waals surface area contributed by atoms with Crippen LogP contribution < -0.4 is 0 Å². The lowest BCUT2D eigenvalue weighted by Gasteiger charge is -2.38. The SMILES string of the molecule is CC1CCC(CBr)(OCC2CCOC2)CC1. The van der Waals surface area contributed by atoms with Crippen molar-refractivity contribution in [3.05, 3.63) is 0 Å². The molecule has 0 aromatic heterocycles. The molecule has 2 nitrogen and oxygen atoms in total. The van der Waals surface area contributed by atoms with E-state index < -0.39 is 0 Å². The largest absolute Gasteiger partial charge is 0.381 e. The molecule has 1 aliphatic carbocycles. The Hall–Kier alpha value is 0.400. The first-order valence-electron chi connectivity index (χ1n) is 6.52. The summed E-state index contributed by atoms with van der Waals surface area (Å²) in [5, 5.41) is 0.986. The molecule has 2 fully saturated rings. The van der Waals surface area contributed by atoms with Gasteiger partial charge in [-0.15, -0.1) is 0 Å². The molecule has 1 heterocycles. The normalized spacial score (nSPS) is 40.1. The van der Waals surface area contributed by atoms with Crippen molar-refractivity contribution in [3.63, 3.8) is 0 Å². The molecule has 0 N–H and O–H groups in total. The van der Waals surface area contributed by atoms with Crippen LogP contribution in [0.1, 0.15) is 39.0 Å². The molecule has 0 radical (unpaired) electrons. The predicted molar refractivity (Wildman–Crippen MR) is 69.0 cm³/mol. The van der Waals surface area contributed by atoms with Gasteiger partial charge in [0.1, 0.15) is 0 Å². The van der Waals surface area contributed by atoms with Crippen LogP contribution in [0, 0.1) is 11.8 Å². The summed E-state index contributed by atoms with van der Waals surface area (Å²) in [7, 11) is 0. The minimum atomic E-state index is 0.120. The van der Waals surface area contributed by atoms with Gasteiger partial charge in [0.15, 0.2) is 0 Å². The van der Waals surface area contributed by atoms with Crippen molar-refractivity contribution >= 4 is 15.9 Å². The first kappa shape index (κ1) is 12.8. The highest BCUT2D eigenvalue weighted by atomic mass is 79.9. The lowest BCUT2D eigenvalue weighted by molar-refractivity contribution is -0.0725. The molecule has 1 saturated carbocycles. The summed E-state index contributed by atoms with van der Waals surface area (Å²) < 4.78 is 11.6. The molecule has 16 heavy (non-hydrogen) atoms. The number of halogens is 1. The van der Waals surface area contributed by atoms with Crippen molar-refractivity contribution in [3.8, 4) is 0 Å². The summed E-state index contributed by atoms with van der Waals surface area (Å²) in [6, 6.07) is 0. The van der Waals surface area contributed by atoms with Gasteiger partial charge in [0.25, 0.3) is 0 Å². The molecule has 1 atom stereocenters. The van der Waals surface area contributed by atoms with Crippen LogP contribution in [-0.2, 0) is 9.47 Å². The van der Waals surface area contributed by atoms with E-state index in [1.807, 2.05) is 0 Å². The van der Waals surface area contributed by atoms with E-state index in [0.29, 0.717) is 5.92 Å². The molecule has 3 heteroatoms. The highest BCUT2D eigenvalue weighted by Crippen LogP contribution is 2.36. The second-order valence-corrected chi connectivity index (χ2v) is 6.10. The van der Waals surface area contributed by atoms with E-state index >= 15 is 0 Å². The summed E-state index contributed by atoms with van der Waals surface area (Å²) >= 11 is 3.64. The van der Waals surface area contributed by atoms with Gasteiger partial charge in [-0.25, -0.2) is 0 Å². The van der Waals surface area contributed by atoms with Gasteiger partial charge < -0.3 is 9.47 Å². The number of hydrogen-bond donors (Lipinski definition) is 0. The van der Waals surface area contributed by atoms with Crippen LogP contribution >= 0.6 is 15.9 Å². The zero-order chi connectivity index (χ0) is 11.4. The third-order valence-electron chi connectivity index (χ3n) is 4.08. The molecule has 1 saturated heterocycles. The van der Waals surface area contributed by atoms with E-state index in [1.165, 1.54) is 32.1 Å². The Kier molecular flexibility index (Phi) is 4.68. The van der Waals surface area contributed by atoms with Gasteiger partial charge in [0, 0.05) is 17.9 Å². The van der Waals surface area contributed by atoms with Crippen molar-refractivity contribution in [1.82, 2.24) is 0 Å². The zero-order valence-electron chi connectivity index (χ0n) is 10.2. The molecule has 0 amide bonds. The average molecular weight is 291 g/mol. The van der Waals surface area contributed by atoms with Crippen LogP contribution in [0.15, 0.2) is 0 Å². The smallest absolute Gasteiger partial charge is 0.0779 e. The highest BCUT2D eigenvalue weighted by Gasteiger charge is 2.35. The van der Waals surface area contributed by atoms with Crippen LogP contribution in [0.5, 0.6) is 0 Å². The zero-order valence-corrected chi connectivity index (χ0v) is 11.8. The summed E-state index contributed by atoms with van der Waals surface area (Å²) in [5.74, 6) is 1.51. The molecular weight excluding hydrogens is 268 g/mol. The molecule has 1 unspecified atom stereocenters. The fraction of sp³-hybridized carbons (Fsp3) is 1.00. The standard InChI is InChI=1S/C13H23BrO2/c1-11-2-5-13(10-14,6-3-11)16-9-12-4-7-15-8-12/h11-12H,2-10H2,1H3. The monoisotopic (exact) mass is 290 g/mol. The van der Waals surface area contributed by atoms with Crippen molar-refractivity contribution in [2.24, 2.45) is 11.8 Å². The molecule has 0 aromatic carbocycles. The van der Waals surface area contributed by atoms with Gasteiger partial charge in [0.05, 0.1) is 18.8 Å². The molecular formula is C13H23BrO2. The average Bonchev–Trinajstić information content (AvgIpc) is 2.82. The van der Waals surface area contributed by atoms with Crippen LogP contribution in [0.3, 0.4) is 0 Å². The lowest BCUT2D eigenvalue weighted by atomic mass is 9.80. The Labute approximate surface area is 107 Å². The van der Waals surface area contributed by atoms with E-state index in [4.69, 9.17) is 9.47 Å². The second-order valence-electron chi connectivity index (χ2n) is 5.54. The predicted octanol–water partition coefficient (Wildman–Crippen LogP) is 3.38. The van der Waals surface area contributed by atoms with Crippen LogP contribution in [-0.4, -0.2) is 30.8 Å². The Bertz CT molecular complexity index is 206. The molecule has 1 aliphatic heterocycles. The summed E-state index contributed by atoms with van der Waals surface area (Å²) in [5.41, 5.74) is 0.120. The maximum atomic E-state index is 6.23. The number of alkyl halides is 1. The van der Waals surface area contributed by atoms with Gasteiger partial charge in [0.2, 0.25) is 0 Å². The molecule has 2 rings (SSSR count). The lowest BCUT2D eigenvalue weighted by Crippen LogP contribution is -2.40. The van der Waals surface area contributed by atoms with E-state index in [9.17, 15) is 0 Å². The third-order valence-corrected chi connectivity index (χ3v) is 5.10. The van der Waals surface area contributed by atoms with Crippen molar-refractivity contribution in [1.29, 1.82) is 0 Å². The number of ether oxygens (including phenoxy) is 2. The van der Waals surface area contributed by atoms with Gasteiger partial charge in [-0.05, 0) is 38.0 Å². The van der Waals surface area contributed by atoms with Gasteiger partial charge in [-0.2, -0.15) is 0 Å². The van der Waals surface area contributed by atoms with E-state index in [-0.39, 0.29) is 5.60 Å². The Balaban J connectivity index is 1.79. The van der Waals surface area contributed by atoms with E-state index in [2.05, 4.69) is 22.9 Å². The van der Waals surface area contributed by atoms with Crippen LogP contribution in [0.25, 0.3) is 0 Å². The fourth-order valence-electron chi connectivity index (χ4n) is 2.61. The van der Waals surface area contributed by atoms with Crippen LogP contribution in [0.2, 0.25) is 0 Å². The maximum absolute atomic E-state index is 6.23. The quantitative estimate of drug-likeness (QED) is 0.739. The van der Waals surface area contributed by atoms with Crippen LogP contribution in [0.4, 0.5) is 0 Å². The number of hydrogen-bond acceptors (Lipinski definition) is 2. The molecule has 0 aromatic rings. The second kappa shape index (κ2) is 5.83. The minimum Gasteiger partial charge on any atom is -0.381 e. The van der Waals surface area contributed by atoms with Gasteiger partial charge in [-0.3, -0.25) is 0 Å². The summed E-state index contributed by atoms with van der Waals surface area (Å²) in [6.07, 6.45) is 6.23. The maximum Gasteiger partial charge on any atom is 0.0779 e. The summed E-state index contributed by atoms with van der Waals surface area (Å²) in [4.78, 5) is 0. The fourth-order valence-corrected chi connectivity index (χ4v) is 3.34. The van der Waals surface area contributed by atoms with Crippen molar-refractivity contribution in [2.45, 2.75) is 44.6 Å². The molecule has 94 valence electrons. The number of rotatable bonds is 4. The Morgan fingerprint density at radius 1 is 1.31 bits per heavy atom. The summed E-state index contributed by atoms with van der Waals surface area (Å²) in [6.45, 7) is 5.06. The third kappa shape index (κ3) is 3.21. The van der Waals surface area contributed by atoms with Crippen molar-refractivity contribution in [2.75, 3.05) is 25.2 Å². The first-order valence-corrected chi connectivity index (χ1v) is 7.64. The van der Waals surface area contributed by atoms with E-state index in [0.717, 1.165) is 31.1 Å². The van der Waals surface area contributed by atoms with Gasteiger partial charge >= 0.3 is 0 Å². The first-order chi connectivity index (χ1) is 7.74.